The van der Waals surface area contributed by atoms with E-state index in [1.807, 2.05) is 0 Å². The average Bonchev–Trinajstić information content (AvgIpc) is 3.09. The molecule has 94 valence electrons. The first-order valence-corrected chi connectivity index (χ1v) is 6.12. The summed E-state index contributed by atoms with van der Waals surface area (Å²) in [5.74, 6) is 0.0877. The number of amides is 1. The summed E-state index contributed by atoms with van der Waals surface area (Å²) < 4.78 is 0. The third kappa shape index (κ3) is 3.93. The highest BCUT2D eigenvalue weighted by molar-refractivity contribution is 5.88. The van der Waals surface area contributed by atoms with Crippen LogP contribution < -0.4 is 5.73 Å². The van der Waals surface area contributed by atoms with Crippen molar-refractivity contribution in [1.82, 2.24) is 4.90 Å². The van der Waals surface area contributed by atoms with Crippen molar-refractivity contribution in [2.75, 3.05) is 19.6 Å². The van der Waals surface area contributed by atoms with E-state index in [4.69, 9.17) is 5.73 Å². The van der Waals surface area contributed by atoms with Crippen molar-refractivity contribution in [1.29, 1.82) is 0 Å². The Labute approximate surface area is 100 Å². The van der Waals surface area contributed by atoms with Crippen LogP contribution >= 0.6 is 0 Å². The Bertz CT molecular complexity index is 320. The SMILES string of the molecule is NC(=O)CN(CC(=O)C1CC1)CC(=O)C1CC1. The molecule has 5 nitrogen and oxygen atoms in total. The largest absolute Gasteiger partial charge is 0.369 e. The van der Waals surface area contributed by atoms with Gasteiger partial charge in [0.2, 0.25) is 5.91 Å². The van der Waals surface area contributed by atoms with Crippen LogP contribution in [0.5, 0.6) is 0 Å². The van der Waals surface area contributed by atoms with Gasteiger partial charge < -0.3 is 5.73 Å². The number of carbonyl (C=O) groups is 3. The van der Waals surface area contributed by atoms with Crippen LogP contribution in [0.2, 0.25) is 0 Å². The number of hydrogen-bond acceptors (Lipinski definition) is 4. The Morgan fingerprint density at radius 3 is 1.59 bits per heavy atom. The lowest BCUT2D eigenvalue weighted by Crippen LogP contribution is -2.41. The smallest absolute Gasteiger partial charge is 0.231 e. The minimum absolute atomic E-state index is 0.00306. The number of Topliss-reactive ketones (excluding diaryl/α,β-unsaturated/α-hetero) is 2. The first-order valence-electron chi connectivity index (χ1n) is 6.12. The number of nitrogens with two attached hydrogens (primary N) is 1. The Hall–Kier alpha value is -1.23. The maximum Gasteiger partial charge on any atom is 0.231 e. The van der Waals surface area contributed by atoms with Gasteiger partial charge in [0.15, 0.2) is 0 Å². The molecule has 0 radical (unpaired) electrons. The summed E-state index contributed by atoms with van der Waals surface area (Å²) in [6, 6.07) is 0. The quantitative estimate of drug-likeness (QED) is 0.631. The number of nitrogens with zero attached hydrogens (tertiary/aromatic N) is 1. The van der Waals surface area contributed by atoms with Gasteiger partial charge in [0, 0.05) is 11.8 Å². The molecule has 1 amide bonds. The highest BCUT2D eigenvalue weighted by Gasteiger charge is 2.33. The van der Waals surface area contributed by atoms with Crippen LogP contribution in [0.15, 0.2) is 0 Å². The molecule has 2 saturated carbocycles. The van der Waals surface area contributed by atoms with Crippen molar-refractivity contribution in [3.8, 4) is 0 Å². The van der Waals surface area contributed by atoms with Crippen LogP contribution in [0, 0.1) is 11.8 Å². The van der Waals surface area contributed by atoms with E-state index in [0.717, 1.165) is 25.7 Å². The second-order valence-electron chi connectivity index (χ2n) is 5.09. The third-order valence-electron chi connectivity index (χ3n) is 3.20. The summed E-state index contributed by atoms with van der Waals surface area (Å²) in [6.45, 7) is 0.370. The third-order valence-corrected chi connectivity index (χ3v) is 3.20. The maximum atomic E-state index is 11.7. The van der Waals surface area contributed by atoms with Crippen LogP contribution in [0.4, 0.5) is 0 Å². The minimum atomic E-state index is -0.489. The second kappa shape index (κ2) is 4.96. The predicted molar refractivity (Wildman–Crippen MR) is 61.1 cm³/mol. The number of hydrogen-bond donors (Lipinski definition) is 1. The van der Waals surface area contributed by atoms with Crippen molar-refractivity contribution in [3.63, 3.8) is 0 Å². The lowest BCUT2D eigenvalue weighted by atomic mass is 10.2. The van der Waals surface area contributed by atoms with Gasteiger partial charge >= 0.3 is 0 Å². The van der Waals surface area contributed by atoms with Crippen LogP contribution in [-0.4, -0.2) is 42.0 Å². The highest BCUT2D eigenvalue weighted by atomic mass is 16.2. The standard InChI is InChI=1S/C12H18N2O3/c13-12(17)7-14(5-10(15)8-1-2-8)6-11(16)9-3-4-9/h8-9H,1-7H2,(H2,13,17). The maximum absolute atomic E-state index is 11.7. The lowest BCUT2D eigenvalue weighted by Gasteiger charge is -2.18. The first-order chi connectivity index (χ1) is 8.06. The molecule has 2 aliphatic rings. The van der Waals surface area contributed by atoms with Crippen molar-refractivity contribution in [3.05, 3.63) is 0 Å². The van der Waals surface area contributed by atoms with Gasteiger partial charge in [-0.15, -0.1) is 0 Å². The summed E-state index contributed by atoms with van der Waals surface area (Å²) in [4.78, 5) is 35.8. The van der Waals surface area contributed by atoms with E-state index in [-0.39, 0.29) is 43.0 Å². The zero-order chi connectivity index (χ0) is 12.4. The summed E-state index contributed by atoms with van der Waals surface area (Å²) in [5.41, 5.74) is 5.13. The Morgan fingerprint density at radius 2 is 1.29 bits per heavy atom. The molecule has 0 saturated heterocycles. The molecule has 2 N–H and O–H groups in total. The summed E-state index contributed by atoms with van der Waals surface area (Å²) in [7, 11) is 0. The van der Waals surface area contributed by atoms with Gasteiger partial charge in [0.25, 0.3) is 0 Å². The van der Waals surface area contributed by atoms with E-state index < -0.39 is 5.91 Å². The van der Waals surface area contributed by atoms with Gasteiger partial charge in [-0.3, -0.25) is 19.3 Å². The molecule has 0 unspecified atom stereocenters. The number of rotatable bonds is 8. The normalized spacial score (nSPS) is 19.4. The summed E-state index contributed by atoms with van der Waals surface area (Å²) >= 11 is 0. The number of primary amides is 1. The molecule has 0 aromatic rings. The fraction of sp³-hybridized carbons (Fsp3) is 0.750. The molecule has 2 fully saturated rings. The molecule has 2 rings (SSSR count). The Morgan fingerprint density at radius 1 is 0.882 bits per heavy atom. The van der Waals surface area contributed by atoms with E-state index in [2.05, 4.69) is 0 Å². The van der Waals surface area contributed by atoms with E-state index in [9.17, 15) is 14.4 Å². The van der Waals surface area contributed by atoms with Gasteiger partial charge in [-0.25, -0.2) is 0 Å². The Kier molecular flexibility index (Phi) is 3.57. The van der Waals surface area contributed by atoms with Gasteiger partial charge in [-0.1, -0.05) is 0 Å². The molecule has 2 aliphatic carbocycles. The molecule has 0 heterocycles. The molecule has 0 aliphatic heterocycles. The fourth-order valence-corrected chi connectivity index (χ4v) is 1.90. The van der Waals surface area contributed by atoms with Crippen molar-refractivity contribution >= 4 is 17.5 Å². The molecule has 0 bridgehead atoms. The van der Waals surface area contributed by atoms with Crippen LogP contribution in [-0.2, 0) is 14.4 Å². The van der Waals surface area contributed by atoms with Gasteiger partial charge in [-0.2, -0.15) is 0 Å². The number of carbonyl (C=O) groups excluding carboxylic acids is 3. The molecule has 0 aromatic heterocycles. The first kappa shape index (κ1) is 12.2. The zero-order valence-corrected chi connectivity index (χ0v) is 9.85. The fourth-order valence-electron chi connectivity index (χ4n) is 1.90. The van der Waals surface area contributed by atoms with E-state index in [1.165, 1.54) is 0 Å². The molecular formula is C12H18N2O3. The van der Waals surface area contributed by atoms with Crippen molar-refractivity contribution in [2.24, 2.45) is 17.6 Å². The van der Waals surface area contributed by atoms with Crippen LogP contribution in [0.3, 0.4) is 0 Å². The van der Waals surface area contributed by atoms with Crippen molar-refractivity contribution < 1.29 is 14.4 Å². The van der Waals surface area contributed by atoms with Gasteiger partial charge in [-0.05, 0) is 25.7 Å². The number of ketones is 2. The molecule has 17 heavy (non-hydrogen) atoms. The van der Waals surface area contributed by atoms with Gasteiger partial charge in [0.05, 0.1) is 19.6 Å². The lowest BCUT2D eigenvalue weighted by molar-refractivity contribution is -0.126. The predicted octanol–water partition coefficient (Wildman–Crippen LogP) is -0.268. The van der Waals surface area contributed by atoms with E-state index in [0.29, 0.717) is 0 Å². The molecule has 5 heteroatoms. The van der Waals surface area contributed by atoms with E-state index >= 15 is 0 Å². The topological polar surface area (TPSA) is 80.5 Å². The summed E-state index contributed by atoms with van der Waals surface area (Å²) in [5, 5.41) is 0. The van der Waals surface area contributed by atoms with Crippen LogP contribution in [0.25, 0.3) is 0 Å². The minimum Gasteiger partial charge on any atom is -0.369 e. The Balaban J connectivity index is 1.84. The molecule has 0 aromatic carbocycles. The monoisotopic (exact) mass is 238 g/mol. The highest BCUT2D eigenvalue weighted by Crippen LogP contribution is 2.31. The average molecular weight is 238 g/mol. The molecule has 0 spiro atoms. The van der Waals surface area contributed by atoms with Gasteiger partial charge in [0.1, 0.15) is 11.6 Å². The van der Waals surface area contributed by atoms with Crippen LogP contribution in [0.1, 0.15) is 25.7 Å². The molecular weight excluding hydrogens is 220 g/mol. The zero-order valence-electron chi connectivity index (χ0n) is 9.85. The van der Waals surface area contributed by atoms with E-state index in [1.54, 1.807) is 4.90 Å². The summed E-state index contributed by atoms with van der Waals surface area (Å²) in [6.07, 6.45) is 3.78. The second-order valence-corrected chi connectivity index (χ2v) is 5.09. The molecule has 0 atom stereocenters. The van der Waals surface area contributed by atoms with Crippen molar-refractivity contribution in [2.45, 2.75) is 25.7 Å².